The molecule has 1 aromatic rings. The summed E-state index contributed by atoms with van der Waals surface area (Å²) in [5.41, 5.74) is 4.86. The first-order valence-electron chi connectivity index (χ1n) is 8.77. The molecule has 0 radical (unpaired) electrons. The third-order valence-electron chi connectivity index (χ3n) is 5.09. The highest BCUT2D eigenvalue weighted by Crippen LogP contribution is 2.35. The Morgan fingerprint density at radius 1 is 1.33 bits per heavy atom. The molecular formula is C17H23Cl2F3N4O. The Labute approximate surface area is 167 Å². The van der Waals surface area contributed by atoms with E-state index in [9.17, 15) is 18.0 Å². The van der Waals surface area contributed by atoms with Gasteiger partial charge in [0.1, 0.15) is 5.82 Å². The molecule has 3 rings (SSSR count). The minimum absolute atomic E-state index is 0. The van der Waals surface area contributed by atoms with Gasteiger partial charge in [-0.15, -0.1) is 12.4 Å². The number of anilines is 1. The van der Waals surface area contributed by atoms with Crippen molar-refractivity contribution in [1.29, 1.82) is 0 Å². The number of rotatable bonds is 5. The number of halogens is 5. The van der Waals surface area contributed by atoms with Crippen LogP contribution >= 0.6 is 24.0 Å². The first kappa shape index (κ1) is 22.0. The topological polar surface area (TPSA) is 71.2 Å². The van der Waals surface area contributed by atoms with Crippen molar-refractivity contribution in [1.82, 2.24) is 10.3 Å². The minimum Gasteiger partial charge on any atom is -0.355 e. The number of nitrogens with zero attached hydrogens (tertiary/aromatic N) is 2. The van der Waals surface area contributed by atoms with Crippen LogP contribution < -0.4 is 16.0 Å². The van der Waals surface area contributed by atoms with E-state index in [1.807, 2.05) is 4.90 Å². The second kappa shape index (κ2) is 8.84. The molecule has 2 heterocycles. The van der Waals surface area contributed by atoms with E-state index in [-0.39, 0.29) is 35.3 Å². The van der Waals surface area contributed by atoms with Crippen molar-refractivity contribution in [3.05, 3.63) is 22.8 Å². The van der Waals surface area contributed by atoms with Crippen LogP contribution in [-0.2, 0) is 11.0 Å². The van der Waals surface area contributed by atoms with Gasteiger partial charge in [-0.25, -0.2) is 4.98 Å². The fraction of sp³-hybridized carbons (Fsp3) is 0.647. The fourth-order valence-electron chi connectivity index (χ4n) is 3.34. The second-order valence-electron chi connectivity index (χ2n) is 6.98. The smallest absolute Gasteiger partial charge is 0.355 e. The predicted octanol–water partition coefficient (Wildman–Crippen LogP) is 3.25. The summed E-state index contributed by atoms with van der Waals surface area (Å²) in [5, 5.41) is 3.01. The van der Waals surface area contributed by atoms with Crippen molar-refractivity contribution in [2.75, 3.05) is 24.5 Å². The van der Waals surface area contributed by atoms with Crippen LogP contribution in [0.4, 0.5) is 19.0 Å². The Bertz CT molecular complexity index is 662. The number of aromatic nitrogens is 1. The summed E-state index contributed by atoms with van der Waals surface area (Å²) in [5.74, 6) is 0.723. The van der Waals surface area contributed by atoms with Gasteiger partial charge in [0.15, 0.2) is 0 Å². The lowest BCUT2D eigenvalue weighted by Gasteiger charge is -2.33. The number of pyridine rings is 1. The molecular weight excluding hydrogens is 404 g/mol. The zero-order valence-electron chi connectivity index (χ0n) is 14.6. The fourth-order valence-corrected chi connectivity index (χ4v) is 3.63. The summed E-state index contributed by atoms with van der Waals surface area (Å²) in [4.78, 5) is 18.1. The Hall–Kier alpha value is -1.25. The van der Waals surface area contributed by atoms with Crippen molar-refractivity contribution in [3.8, 4) is 0 Å². The van der Waals surface area contributed by atoms with E-state index in [4.69, 9.17) is 17.3 Å². The number of carbonyl (C=O) groups excluding carboxylic acids is 1. The summed E-state index contributed by atoms with van der Waals surface area (Å²) in [6.07, 6.45) is -0.250. The van der Waals surface area contributed by atoms with E-state index >= 15 is 0 Å². The van der Waals surface area contributed by atoms with Crippen LogP contribution in [0.1, 0.15) is 31.2 Å². The molecule has 2 fully saturated rings. The lowest BCUT2D eigenvalue weighted by Crippen LogP contribution is -2.47. The summed E-state index contributed by atoms with van der Waals surface area (Å²) in [6, 6.07) is 0.941. The quantitative estimate of drug-likeness (QED) is 0.757. The van der Waals surface area contributed by atoms with Gasteiger partial charge in [0, 0.05) is 37.8 Å². The van der Waals surface area contributed by atoms with Crippen LogP contribution in [0, 0.1) is 11.8 Å². The van der Waals surface area contributed by atoms with Gasteiger partial charge in [-0.1, -0.05) is 11.6 Å². The molecule has 3 N–H and O–H groups in total. The number of hydrogen-bond acceptors (Lipinski definition) is 4. The maximum absolute atomic E-state index is 12.7. The number of nitrogens with one attached hydrogen (secondary N) is 1. The molecule has 5 nitrogen and oxygen atoms in total. The standard InChI is InChI=1S/C17H22ClF3N4O.ClH/c18-13-7-12(17(19,20)21)9-23-15(13)25-5-3-11(4-6-25)16(26)24-14(8-22)10-1-2-10;/h7,9-11,14H,1-6,8,22H2,(H,24,26);1H. The number of hydrogen-bond donors (Lipinski definition) is 2. The average Bonchev–Trinajstić information content (AvgIpc) is 3.44. The van der Waals surface area contributed by atoms with Crippen LogP contribution in [0.5, 0.6) is 0 Å². The average molecular weight is 427 g/mol. The Morgan fingerprint density at radius 3 is 2.44 bits per heavy atom. The molecule has 10 heteroatoms. The Morgan fingerprint density at radius 2 is 1.96 bits per heavy atom. The minimum atomic E-state index is -4.47. The van der Waals surface area contributed by atoms with Crippen LogP contribution in [-0.4, -0.2) is 36.6 Å². The SMILES string of the molecule is Cl.NCC(NC(=O)C1CCN(c2ncc(C(F)(F)F)cc2Cl)CC1)C1CC1. The van der Waals surface area contributed by atoms with Crippen molar-refractivity contribution in [2.24, 2.45) is 17.6 Å². The van der Waals surface area contributed by atoms with Gasteiger partial charge in [-0.3, -0.25) is 4.79 Å². The van der Waals surface area contributed by atoms with Gasteiger partial charge in [0.25, 0.3) is 0 Å². The lowest BCUT2D eigenvalue weighted by molar-refractivity contribution is -0.137. The van der Waals surface area contributed by atoms with Crippen molar-refractivity contribution in [2.45, 2.75) is 37.9 Å². The molecule has 1 aliphatic heterocycles. The van der Waals surface area contributed by atoms with E-state index in [2.05, 4.69) is 10.3 Å². The number of alkyl halides is 3. The van der Waals surface area contributed by atoms with Gasteiger partial charge in [0.2, 0.25) is 5.91 Å². The molecule has 1 unspecified atom stereocenters. The van der Waals surface area contributed by atoms with E-state index in [1.54, 1.807) is 0 Å². The normalized spacial score (nSPS) is 19.4. The van der Waals surface area contributed by atoms with Crippen molar-refractivity contribution >= 4 is 35.7 Å². The number of amides is 1. The van der Waals surface area contributed by atoms with Crippen LogP contribution in [0.3, 0.4) is 0 Å². The maximum Gasteiger partial charge on any atom is 0.417 e. The monoisotopic (exact) mass is 426 g/mol. The highest BCUT2D eigenvalue weighted by molar-refractivity contribution is 6.33. The number of carbonyl (C=O) groups is 1. The van der Waals surface area contributed by atoms with E-state index in [0.717, 1.165) is 25.1 Å². The number of piperidine rings is 1. The van der Waals surface area contributed by atoms with Gasteiger partial charge in [-0.2, -0.15) is 13.2 Å². The van der Waals surface area contributed by atoms with Gasteiger partial charge >= 0.3 is 6.18 Å². The molecule has 1 amide bonds. The van der Waals surface area contributed by atoms with E-state index in [0.29, 0.717) is 44.2 Å². The molecule has 1 saturated carbocycles. The summed E-state index contributed by atoms with van der Waals surface area (Å²) >= 11 is 6.00. The van der Waals surface area contributed by atoms with E-state index in [1.165, 1.54) is 0 Å². The summed E-state index contributed by atoms with van der Waals surface area (Å²) in [7, 11) is 0. The lowest BCUT2D eigenvalue weighted by atomic mass is 9.95. The molecule has 1 saturated heterocycles. The third-order valence-corrected chi connectivity index (χ3v) is 5.37. The zero-order chi connectivity index (χ0) is 18.9. The Kier molecular flexibility index (Phi) is 7.21. The van der Waals surface area contributed by atoms with Gasteiger partial charge < -0.3 is 16.0 Å². The van der Waals surface area contributed by atoms with Crippen LogP contribution in [0.25, 0.3) is 0 Å². The molecule has 0 aromatic carbocycles. The molecule has 2 aliphatic rings. The molecule has 1 atom stereocenters. The predicted molar refractivity (Wildman–Crippen MR) is 100 cm³/mol. The molecule has 1 aromatic heterocycles. The molecule has 27 heavy (non-hydrogen) atoms. The third kappa shape index (κ3) is 5.39. The summed E-state index contributed by atoms with van der Waals surface area (Å²) in [6.45, 7) is 1.49. The van der Waals surface area contributed by atoms with Crippen LogP contribution in [0.15, 0.2) is 12.3 Å². The Balaban J connectivity index is 0.00000261. The highest BCUT2D eigenvalue weighted by atomic mass is 35.5. The molecule has 0 spiro atoms. The zero-order valence-corrected chi connectivity index (χ0v) is 16.2. The second-order valence-corrected chi connectivity index (χ2v) is 7.38. The van der Waals surface area contributed by atoms with Crippen molar-refractivity contribution in [3.63, 3.8) is 0 Å². The molecule has 1 aliphatic carbocycles. The van der Waals surface area contributed by atoms with Gasteiger partial charge in [-0.05, 0) is 37.7 Å². The van der Waals surface area contributed by atoms with Crippen molar-refractivity contribution < 1.29 is 18.0 Å². The van der Waals surface area contributed by atoms with Gasteiger partial charge in [0.05, 0.1) is 10.6 Å². The van der Waals surface area contributed by atoms with Crippen LogP contribution in [0.2, 0.25) is 5.02 Å². The first-order chi connectivity index (χ1) is 12.3. The first-order valence-corrected chi connectivity index (χ1v) is 9.15. The summed E-state index contributed by atoms with van der Waals surface area (Å²) < 4.78 is 38.1. The molecule has 0 bridgehead atoms. The molecule has 152 valence electrons. The maximum atomic E-state index is 12.7. The largest absolute Gasteiger partial charge is 0.417 e. The highest BCUT2D eigenvalue weighted by Gasteiger charge is 2.35. The number of nitrogens with two attached hydrogens (primary N) is 1. The van der Waals surface area contributed by atoms with E-state index < -0.39 is 11.7 Å².